The molecule has 0 aliphatic heterocycles. The van der Waals surface area contributed by atoms with Crippen LogP contribution in [0.2, 0.25) is 0 Å². The number of aliphatic hydroxyl groups excluding tert-OH is 1. The van der Waals surface area contributed by atoms with E-state index in [0.29, 0.717) is 6.42 Å². The molecule has 0 saturated carbocycles. The maximum absolute atomic E-state index is 11.8. The highest BCUT2D eigenvalue weighted by atomic mass is 16.3. The van der Waals surface area contributed by atoms with E-state index in [-0.39, 0.29) is 17.9 Å². The van der Waals surface area contributed by atoms with Gasteiger partial charge in [-0.1, -0.05) is 27.7 Å². The third-order valence-corrected chi connectivity index (χ3v) is 2.77. The summed E-state index contributed by atoms with van der Waals surface area (Å²) < 4.78 is 0. The molecule has 0 aliphatic rings. The lowest BCUT2D eigenvalue weighted by molar-refractivity contribution is -0.126. The van der Waals surface area contributed by atoms with Gasteiger partial charge in [0.1, 0.15) is 0 Å². The van der Waals surface area contributed by atoms with Crippen molar-refractivity contribution < 1.29 is 9.90 Å². The Morgan fingerprint density at radius 3 is 2.13 bits per heavy atom. The molecular weight excluding hydrogens is 192 g/mol. The molecule has 90 valence electrons. The highest BCUT2D eigenvalue weighted by molar-refractivity contribution is 5.83. The van der Waals surface area contributed by atoms with Gasteiger partial charge in [0.2, 0.25) is 5.91 Å². The summed E-state index contributed by atoms with van der Waals surface area (Å²) in [6.07, 6.45) is 0.673. The van der Waals surface area contributed by atoms with Crippen LogP contribution in [-0.4, -0.2) is 29.2 Å². The van der Waals surface area contributed by atoms with Gasteiger partial charge in [-0.3, -0.25) is 4.79 Å². The van der Waals surface area contributed by atoms with E-state index in [4.69, 9.17) is 10.8 Å². The van der Waals surface area contributed by atoms with Crippen molar-refractivity contribution in [2.75, 3.05) is 6.61 Å². The van der Waals surface area contributed by atoms with Gasteiger partial charge in [-0.25, -0.2) is 0 Å². The van der Waals surface area contributed by atoms with E-state index < -0.39 is 11.6 Å². The van der Waals surface area contributed by atoms with Crippen molar-refractivity contribution in [2.45, 2.75) is 52.6 Å². The highest BCUT2D eigenvalue weighted by Crippen LogP contribution is 2.18. The van der Waals surface area contributed by atoms with Crippen LogP contribution in [0.1, 0.15) is 41.0 Å². The van der Waals surface area contributed by atoms with Crippen LogP contribution in [0.4, 0.5) is 0 Å². The average Bonchev–Trinajstić information content (AvgIpc) is 2.15. The molecule has 15 heavy (non-hydrogen) atoms. The zero-order valence-electron chi connectivity index (χ0n) is 10.4. The molecule has 0 rings (SSSR count). The van der Waals surface area contributed by atoms with Gasteiger partial charge in [-0.2, -0.15) is 0 Å². The Hall–Kier alpha value is -0.610. The van der Waals surface area contributed by atoms with Gasteiger partial charge < -0.3 is 16.2 Å². The zero-order chi connectivity index (χ0) is 12.3. The van der Waals surface area contributed by atoms with Gasteiger partial charge in [0.25, 0.3) is 0 Å². The summed E-state index contributed by atoms with van der Waals surface area (Å²) >= 11 is 0. The standard InChI is InChI=1S/C11H24N2O2/c1-6-11(5,7-14)13-9(15)8(12)10(2,3)4/h8,14H,6-7,12H2,1-5H3,(H,13,15). The summed E-state index contributed by atoms with van der Waals surface area (Å²) in [5.41, 5.74) is 4.98. The van der Waals surface area contributed by atoms with Crippen LogP contribution in [0.3, 0.4) is 0 Å². The molecule has 0 fully saturated rings. The second-order valence-electron chi connectivity index (χ2n) is 5.41. The minimum atomic E-state index is -0.569. The number of nitrogens with one attached hydrogen (secondary N) is 1. The van der Waals surface area contributed by atoms with E-state index in [9.17, 15) is 4.79 Å². The number of nitrogens with two attached hydrogens (primary N) is 1. The van der Waals surface area contributed by atoms with E-state index in [0.717, 1.165) is 0 Å². The maximum Gasteiger partial charge on any atom is 0.237 e. The van der Waals surface area contributed by atoms with Crippen LogP contribution >= 0.6 is 0 Å². The third kappa shape index (κ3) is 4.18. The quantitative estimate of drug-likeness (QED) is 0.645. The van der Waals surface area contributed by atoms with Gasteiger partial charge in [0.05, 0.1) is 18.2 Å². The molecular formula is C11H24N2O2. The second-order valence-corrected chi connectivity index (χ2v) is 5.41. The lowest BCUT2D eigenvalue weighted by Gasteiger charge is -2.32. The molecule has 0 heterocycles. The molecule has 2 atom stereocenters. The van der Waals surface area contributed by atoms with Crippen LogP contribution in [0, 0.1) is 5.41 Å². The Balaban J connectivity index is 4.49. The molecule has 1 amide bonds. The number of rotatable bonds is 4. The van der Waals surface area contributed by atoms with Crippen molar-refractivity contribution in [3.8, 4) is 0 Å². The Kier molecular flexibility index (Phi) is 4.74. The van der Waals surface area contributed by atoms with Crippen LogP contribution in [0.25, 0.3) is 0 Å². The van der Waals surface area contributed by atoms with Crippen molar-refractivity contribution in [3.05, 3.63) is 0 Å². The van der Waals surface area contributed by atoms with Crippen molar-refractivity contribution in [1.82, 2.24) is 5.32 Å². The monoisotopic (exact) mass is 216 g/mol. The Labute approximate surface area is 92.2 Å². The second kappa shape index (κ2) is 4.94. The topological polar surface area (TPSA) is 75.3 Å². The Morgan fingerprint density at radius 2 is 1.87 bits per heavy atom. The van der Waals surface area contributed by atoms with Crippen molar-refractivity contribution in [2.24, 2.45) is 11.1 Å². The molecule has 0 aliphatic carbocycles. The van der Waals surface area contributed by atoms with Gasteiger partial charge in [-0.05, 0) is 18.8 Å². The van der Waals surface area contributed by atoms with E-state index in [1.165, 1.54) is 0 Å². The molecule has 0 bridgehead atoms. The number of amides is 1. The van der Waals surface area contributed by atoms with E-state index in [1.807, 2.05) is 27.7 Å². The lowest BCUT2D eigenvalue weighted by Crippen LogP contribution is -2.57. The third-order valence-electron chi connectivity index (χ3n) is 2.77. The lowest BCUT2D eigenvalue weighted by atomic mass is 9.86. The number of carbonyl (C=O) groups excluding carboxylic acids is 1. The van der Waals surface area contributed by atoms with E-state index in [1.54, 1.807) is 6.92 Å². The largest absolute Gasteiger partial charge is 0.394 e. The molecule has 0 aromatic carbocycles. The smallest absolute Gasteiger partial charge is 0.237 e. The number of hydrogen-bond donors (Lipinski definition) is 3. The zero-order valence-corrected chi connectivity index (χ0v) is 10.4. The van der Waals surface area contributed by atoms with Crippen LogP contribution in [-0.2, 0) is 4.79 Å². The van der Waals surface area contributed by atoms with Crippen LogP contribution < -0.4 is 11.1 Å². The first-order chi connectivity index (χ1) is 6.66. The molecule has 0 saturated heterocycles. The fraction of sp³-hybridized carbons (Fsp3) is 0.909. The molecule has 4 N–H and O–H groups in total. The SMILES string of the molecule is CCC(C)(CO)NC(=O)C(N)C(C)(C)C. The molecule has 2 unspecified atom stereocenters. The minimum absolute atomic E-state index is 0.0773. The first kappa shape index (κ1) is 14.4. The van der Waals surface area contributed by atoms with Gasteiger partial charge >= 0.3 is 0 Å². The van der Waals surface area contributed by atoms with Gasteiger partial charge in [-0.15, -0.1) is 0 Å². The van der Waals surface area contributed by atoms with E-state index in [2.05, 4.69) is 5.32 Å². The Morgan fingerprint density at radius 1 is 1.40 bits per heavy atom. The van der Waals surface area contributed by atoms with Crippen LogP contribution in [0.5, 0.6) is 0 Å². The van der Waals surface area contributed by atoms with Crippen molar-refractivity contribution in [1.29, 1.82) is 0 Å². The van der Waals surface area contributed by atoms with Gasteiger partial charge in [0, 0.05) is 0 Å². The van der Waals surface area contributed by atoms with Crippen molar-refractivity contribution >= 4 is 5.91 Å². The predicted molar refractivity (Wildman–Crippen MR) is 61.4 cm³/mol. The molecule has 0 aromatic rings. The molecule has 4 nitrogen and oxygen atoms in total. The summed E-state index contributed by atoms with van der Waals surface area (Å²) in [6, 6.07) is -0.560. The fourth-order valence-corrected chi connectivity index (χ4v) is 1.01. The summed E-state index contributed by atoms with van der Waals surface area (Å²) in [5.74, 6) is -0.207. The molecule has 0 aromatic heterocycles. The number of aliphatic hydroxyl groups is 1. The first-order valence-corrected chi connectivity index (χ1v) is 5.35. The first-order valence-electron chi connectivity index (χ1n) is 5.35. The minimum Gasteiger partial charge on any atom is -0.394 e. The maximum atomic E-state index is 11.8. The summed E-state index contributed by atoms with van der Waals surface area (Å²) in [4.78, 5) is 11.8. The fourth-order valence-electron chi connectivity index (χ4n) is 1.01. The number of hydrogen-bond acceptors (Lipinski definition) is 3. The average molecular weight is 216 g/mol. The molecule has 4 heteroatoms. The summed E-state index contributed by atoms with van der Waals surface area (Å²) in [6.45, 7) is 9.39. The normalized spacial score (nSPS) is 18.1. The van der Waals surface area contributed by atoms with E-state index >= 15 is 0 Å². The van der Waals surface area contributed by atoms with Gasteiger partial charge in [0.15, 0.2) is 0 Å². The molecule has 0 radical (unpaired) electrons. The summed E-state index contributed by atoms with van der Waals surface area (Å²) in [7, 11) is 0. The van der Waals surface area contributed by atoms with Crippen molar-refractivity contribution in [3.63, 3.8) is 0 Å². The molecule has 0 spiro atoms. The van der Waals surface area contributed by atoms with Crippen LogP contribution in [0.15, 0.2) is 0 Å². The Bertz CT molecular complexity index is 217. The summed E-state index contributed by atoms with van der Waals surface area (Å²) in [5, 5.41) is 11.9. The predicted octanol–water partition coefficient (Wildman–Crippen LogP) is 0.637. The number of carbonyl (C=O) groups is 1. The highest BCUT2D eigenvalue weighted by Gasteiger charge is 2.31.